The van der Waals surface area contributed by atoms with E-state index >= 15 is 0 Å². The first-order chi connectivity index (χ1) is 12.2. The molecular weight excluding hydrogens is 320 g/mol. The SMILES string of the molecule is CCCCOC(=O)C1=C(C)Nc2ncnn2[C@H]1c1ccccc1OC. The Labute approximate surface area is 146 Å². The highest BCUT2D eigenvalue weighted by Gasteiger charge is 2.35. The van der Waals surface area contributed by atoms with Crippen LogP contribution in [0.15, 0.2) is 41.9 Å². The zero-order chi connectivity index (χ0) is 17.8. The molecular formula is C18H22N4O3. The van der Waals surface area contributed by atoms with Crippen molar-refractivity contribution in [3.63, 3.8) is 0 Å². The minimum atomic E-state index is -0.455. The van der Waals surface area contributed by atoms with Gasteiger partial charge in [0.15, 0.2) is 0 Å². The van der Waals surface area contributed by atoms with E-state index < -0.39 is 6.04 Å². The molecule has 0 spiro atoms. The molecule has 7 heteroatoms. The summed E-state index contributed by atoms with van der Waals surface area (Å²) in [5, 5.41) is 7.42. The predicted octanol–water partition coefficient (Wildman–Crippen LogP) is 2.92. The van der Waals surface area contributed by atoms with Crippen molar-refractivity contribution in [3.05, 3.63) is 47.4 Å². The van der Waals surface area contributed by atoms with Crippen LogP contribution in [0.25, 0.3) is 0 Å². The van der Waals surface area contributed by atoms with Gasteiger partial charge in [0.25, 0.3) is 0 Å². The maximum absolute atomic E-state index is 12.8. The first kappa shape index (κ1) is 17.0. The van der Waals surface area contributed by atoms with Gasteiger partial charge in [0.2, 0.25) is 5.95 Å². The van der Waals surface area contributed by atoms with Gasteiger partial charge in [0.1, 0.15) is 18.1 Å². The molecule has 0 unspecified atom stereocenters. The highest BCUT2D eigenvalue weighted by atomic mass is 16.5. The standard InChI is InChI=1S/C18H22N4O3/c1-4-5-10-25-17(23)15-12(2)21-18-19-11-20-22(18)16(15)13-8-6-7-9-14(13)24-3/h6-9,11,16H,4-5,10H2,1-3H3,(H,19,20,21)/t16-/m0/s1. The number of carbonyl (C=O) groups is 1. The van der Waals surface area contributed by atoms with Crippen LogP contribution in [0.1, 0.15) is 38.3 Å². The number of fused-ring (bicyclic) bond motifs is 1. The van der Waals surface area contributed by atoms with Crippen LogP contribution < -0.4 is 10.1 Å². The van der Waals surface area contributed by atoms with Gasteiger partial charge < -0.3 is 14.8 Å². The van der Waals surface area contributed by atoms with E-state index in [2.05, 4.69) is 22.3 Å². The summed E-state index contributed by atoms with van der Waals surface area (Å²) in [6, 6.07) is 7.13. The first-order valence-electron chi connectivity index (χ1n) is 8.34. The summed E-state index contributed by atoms with van der Waals surface area (Å²) in [6.07, 6.45) is 3.26. The van der Waals surface area contributed by atoms with E-state index in [-0.39, 0.29) is 5.97 Å². The average Bonchev–Trinajstić information content (AvgIpc) is 3.08. The normalized spacial score (nSPS) is 16.2. The Morgan fingerprint density at radius 3 is 2.92 bits per heavy atom. The van der Waals surface area contributed by atoms with Crippen molar-refractivity contribution >= 4 is 11.9 Å². The summed E-state index contributed by atoms with van der Waals surface area (Å²) < 4.78 is 12.6. The number of rotatable bonds is 6. The number of unbranched alkanes of at least 4 members (excludes halogenated alkanes) is 1. The van der Waals surface area contributed by atoms with Crippen molar-refractivity contribution in [2.75, 3.05) is 19.0 Å². The molecule has 1 atom stereocenters. The number of ether oxygens (including phenoxy) is 2. The van der Waals surface area contributed by atoms with Gasteiger partial charge in [-0.3, -0.25) is 0 Å². The van der Waals surface area contributed by atoms with Crippen LogP contribution >= 0.6 is 0 Å². The van der Waals surface area contributed by atoms with Crippen LogP contribution in [0, 0.1) is 0 Å². The van der Waals surface area contributed by atoms with Crippen LogP contribution in [0.5, 0.6) is 5.75 Å². The number of nitrogens with zero attached hydrogens (tertiary/aromatic N) is 3. The van der Waals surface area contributed by atoms with Crippen molar-refractivity contribution in [1.29, 1.82) is 0 Å². The third-order valence-electron chi connectivity index (χ3n) is 4.18. The Morgan fingerprint density at radius 2 is 2.16 bits per heavy atom. The quantitative estimate of drug-likeness (QED) is 0.642. The fraction of sp³-hybridized carbons (Fsp3) is 0.389. The van der Waals surface area contributed by atoms with Gasteiger partial charge >= 0.3 is 5.97 Å². The number of esters is 1. The van der Waals surface area contributed by atoms with Gasteiger partial charge in [0, 0.05) is 11.3 Å². The van der Waals surface area contributed by atoms with Crippen LogP contribution in [0.3, 0.4) is 0 Å². The predicted molar refractivity (Wildman–Crippen MR) is 93.3 cm³/mol. The number of hydrogen-bond acceptors (Lipinski definition) is 6. The third kappa shape index (κ3) is 3.22. The summed E-state index contributed by atoms with van der Waals surface area (Å²) in [6.45, 7) is 4.30. The number of allylic oxidation sites excluding steroid dienone is 1. The monoisotopic (exact) mass is 342 g/mol. The Bertz CT molecular complexity index is 797. The van der Waals surface area contributed by atoms with E-state index in [9.17, 15) is 4.79 Å². The number of nitrogens with one attached hydrogen (secondary N) is 1. The number of benzene rings is 1. The molecule has 25 heavy (non-hydrogen) atoms. The molecule has 0 fully saturated rings. The minimum Gasteiger partial charge on any atom is -0.496 e. The maximum Gasteiger partial charge on any atom is 0.338 e. The van der Waals surface area contributed by atoms with Crippen molar-refractivity contribution in [1.82, 2.24) is 14.8 Å². The Kier molecular flexibility index (Phi) is 5.02. The molecule has 7 nitrogen and oxygen atoms in total. The maximum atomic E-state index is 12.8. The van der Waals surface area contributed by atoms with Crippen molar-refractivity contribution < 1.29 is 14.3 Å². The molecule has 0 aliphatic carbocycles. The minimum absolute atomic E-state index is 0.351. The number of carbonyl (C=O) groups excluding carboxylic acids is 1. The van der Waals surface area contributed by atoms with Gasteiger partial charge in [-0.25, -0.2) is 9.48 Å². The lowest BCUT2D eigenvalue weighted by Gasteiger charge is -2.29. The van der Waals surface area contributed by atoms with Gasteiger partial charge in [-0.05, 0) is 19.4 Å². The fourth-order valence-electron chi connectivity index (χ4n) is 2.92. The summed E-state index contributed by atoms with van der Waals surface area (Å²) in [4.78, 5) is 17.0. The zero-order valence-electron chi connectivity index (χ0n) is 14.7. The summed E-state index contributed by atoms with van der Waals surface area (Å²) >= 11 is 0. The van der Waals surface area contributed by atoms with Gasteiger partial charge in [-0.1, -0.05) is 31.5 Å². The molecule has 1 aliphatic rings. The van der Waals surface area contributed by atoms with E-state index in [0.29, 0.717) is 29.6 Å². The molecule has 2 aromatic rings. The highest BCUT2D eigenvalue weighted by Crippen LogP contribution is 2.38. The average molecular weight is 342 g/mol. The molecule has 0 radical (unpaired) electrons. The molecule has 1 N–H and O–H groups in total. The number of anilines is 1. The third-order valence-corrected chi connectivity index (χ3v) is 4.18. The van der Waals surface area contributed by atoms with Crippen LogP contribution in [-0.2, 0) is 9.53 Å². The van der Waals surface area contributed by atoms with E-state index in [0.717, 1.165) is 18.4 Å². The molecule has 0 saturated heterocycles. The van der Waals surface area contributed by atoms with E-state index in [1.165, 1.54) is 6.33 Å². The highest BCUT2D eigenvalue weighted by molar-refractivity contribution is 5.92. The summed E-state index contributed by atoms with van der Waals surface area (Å²) in [5.41, 5.74) is 2.05. The Balaban J connectivity index is 2.06. The molecule has 0 amide bonds. The number of hydrogen-bond donors (Lipinski definition) is 1. The largest absolute Gasteiger partial charge is 0.496 e. The molecule has 2 heterocycles. The molecule has 132 valence electrons. The lowest BCUT2D eigenvalue weighted by atomic mass is 9.95. The first-order valence-corrected chi connectivity index (χ1v) is 8.34. The second-order valence-corrected chi connectivity index (χ2v) is 5.83. The van der Waals surface area contributed by atoms with Gasteiger partial charge in [-0.2, -0.15) is 10.1 Å². The Morgan fingerprint density at radius 1 is 1.36 bits per heavy atom. The van der Waals surface area contributed by atoms with E-state index in [1.54, 1.807) is 11.8 Å². The van der Waals surface area contributed by atoms with E-state index in [1.807, 2.05) is 31.2 Å². The topological polar surface area (TPSA) is 78.3 Å². The fourth-order valence-corrected chi connectivity index (χ4v) is 2.92. The van der Waals surface area contributed by atoms with Gasteiger partial charge in [-0.15, -0.1) is 0 Å². The van der Waals surface area contributed by atoms with Gasteiger partial charge in [0.05, 0.1) is 19.3 Å². The van der Waals surface area contributed by atoms with Crippen LogP contribution in [0.2, 0.25) is 0 Å². The second kappa shape index (κ2) is 7.38. The summed E-state index contributed by atoms with van der Waals surface area (Å²) in [7, 11) is 1.61. The van der Waals surface area contributed by atoms with Crippen molar-refractivity contribution in [3.8, 4) is 5.75 Å². The molecule has 1 aliphatic heterocycles. The Hall–Kier alpha value is -2.83. The molecule has 0 saturated carbocycles. The van der Waals surface area contributed by atoms with Crippen molar-refractivity contribution in [2.45, 2.75) is 32.7 Å². The number of aromatic nitrogens is 3. The summed E-state index contributed by atoms with van der Waals surface area (Å²) in [5.74, 6) is 0.913. The second-order valence-electron chi connectivity index (χ2n) is 5.83. The number of para-hydroxylation sites is 1. The molecule has 1 aromatic heterocycles. The molecule has 0 bridgehead atoms. The van der Waals surface area contributed by atoms with E-state index in [4.69, 9.17) is 9.47 Å². The lowest BCUT2D eigenvalue weighted by Crippen LogP contribution is -2.30. The smallest absolute Gasteiger partial charge is 0.338 e. The van der Waals surface area contributed by atoms with Crippen LogP contribution in [0.4, 0.5) is 5.95 Å². The van der Waals surface area contributed by atoms with Crippen molar-refractivity contribution in [2.24, 2.45) is 0 Å². The van der Waals surface area contributed by atoms with Crippen LogP contribution in [-0.4, -0.2) is 34.5 Å². The number of methoxy groups -OCH3 is 1. The lowest BCUT2D eigenvalue weighted by molar-refractivity contribution is -0.139. The zero-order valence-corrected chi connectivity index (χ0v) is 14.7. The molecule has 3 rings (SSSR count). The molecule has 1 aromatic carbocycles.